The van der Waals surface area contributed by atoms with E-state index in [1.165, 1.54) is 42.2 Å². The molecular formula is C21H21FN4O. The van der Waals surface area contributed by atoms with E-state index in [1.54, 1.807) is 0 Å². The van der Waals surface area contributed by atoms with Crippen LogP contribution in [0.4, 0.5) is 21.7 Å². The number of hydrogen-bond acceptors (Lipinski definition) is 4. The van der Waals surface area contributed by atoms with Crippen molar-refractivity contribution in [3.63, 3.8) is 0 Å². The third kappa shape index (κ3) is 4.88. The zero-order valence-corrected chi connectivity index (χ0v) is 15.5. The van der Waals surface area contributed by atoms with Crippen molar-refractivity contribution in [1.29, 1.82) is 0 Å². The van der Waals surface area contributed by atoms with E-state index >= 15 is 0 Å². The summed E-state index contributed by atoms with van der Waals surface area (Å²) >= 11 is 0. The number of aromatic nitrogens is 2. The SMILES string of the molecule is CC(C)(C)c1ccc(Nc2ncc(C(=O)Nc3ccc(F)cc3)cn2)cc1. The predicted octanol–water partition coefficient (Wildman–Crippen LogP) is 4.91. The van der Waals surface area contributed by atoms with E-state index in [4.69, 9.17) is 0 Å². The summed E-state index contributed by atoms with van der Waals surface area (Å²) in [5.74, 6) is -0.318. The molecule has 2 aromatic carbocycles. The predicted molar refractivity (Wildman–Crippen MR) is 105 cm³/mol. The van der Waals surface area contributed by atoms with Crippen LogP contribution in [0.3, 0.4) is 0 Å². The molecule has 27 heavy (non-hydrogen) atoms. The van der Waals surface area contributed by atoms with Gasteiger partial charge in [-0.15, -0.1) is 0 Å². The van der Waals surface area contributed by atoms with Gasteiger partial charge in [0.1, 0.15) is 5.82 Å². The summed E-state index contributed by atoms with van der Waals surface area (Å²) in [5.41, 5.74) is 3.01. The van der Waals surface area contributed by atoms with Gasteiger partial charge in [-0.05, 0) is 47.4 Å². The molecule has 0 spiro atoms. The number of carbonyl (C=O) groups excluding carboxylic acids is 1. The Balaban J connectivity index is 1.64. The molecule has 138 valence electrons. The molecular weight excluding hydrogens is 343 g/mol. The van der Waals surface area contributed by atoms with Crippen molar-refractivity contribution in [3.8, 4) is 0 Å². The molecule has 0 aliphatic rings. The smallest absolute Gasteiger partial charge is 0.258 e. The van der Waals surface area contributed by atoms with E-state index < -0.39 is 0 Å². The Morgan fingerprint density at radius 2 is 1.44 bits per heavy atom. The highest BCUT2D eigenvalue weighted by Gasteiger charge is 2.13. The second-order valence-corrected chi connectivity index (χ2v) is 7.21. The van der Waals surface area contributed by atoms with Crippen LogP contribution in [-0.2, 0) is 5.41 Å². The number of nitrogens with zero attached hydrogens (tertiary/aromatic N) is 2. The van der Waals surface area contributed by atoms with Crippen LogP contribution in [-0.4, -0.2) is 15.9 Å². The third-order valence-corrected chi connectivity index (χ3v) is 4.02. The minimum atomic E-state index is -0.359. The van der Waals surface area contributed by atoms with E-state index in [0.717, 1.165) is 5.69 Å². The maximum Gasteiger partial charge on any atom is 0.258 e. The van der Waals surface area contributed by atoms with E-state index in [-0.39, 0.29) is 17.1 Å². The van der Waals surface area contributed by atoms with Gasteiger partial charge < -0.3 is 10.6 Å². The summed E-state index contributed by atoms with van der Waals surface area (Å²) in [7, 11) is 0. The van der Waals surface area contributed by atoms with Crippen LogP contribution in [0.1, 0.15) is 36.7 Å². The molecule has 0 aliphatic heterocycles. The zero-order chi connectivity index (χ0) is 19.4. The van der Waals surface area contributed by atoms with Crippen molar-refractivity contribution < 1.29 is 9.18 Å². The second kappa shape index (κ2) is 7.53. The topological polar surface area (TPSA) is 66.9 Å². The lowest BCUT2D eigenvalue weighted by Crippen LogP contribution is -2.13. The first-order valence-corrected chi connectivity index (χ1v) is 8.58. The Morgan fingerprint density at radius 1 is 0.889 bits per heavy atom. The van der Waals surface area contributed by atoms with Gasteiger partial charge in [0.2, 0.25) is 5.95 Å². The summed E-state index contributed by atoms with van der Waals surface area (Å²) < 4.78 is 12.9. The fourth-order valence-electron chi connectivity index (χ4n) is 2.43. The molecule has 0 radical (unpaired) electrons. The van der Waals surface area contributed by atoms with Crippen molar-refractivity contribution in [2.24, 2.45) is 0 Å². The first-order valence-electron chi connectivity index (χ1n) is 8.58. The number of hydrogen-bond donors (Lipinski definition) is 2. The average molecular weight is 364 g/mol. The fraction of sp³-hybridized carbons (Fsp3) is 0.190. The maximum absolute atomic E-state index is 12.9. The van der Waals surface area contributed by atoms with Gasteiger partial charge in [0, 0.05) is 23.8 Å². The van der Waals surface area contributed by atoms with Crippen LogP contribution in [0.15, 0.2) is 60.9 Å². The number of carbonyl (C=O) groups is 1. The largest absolute Gasteiger partial charge is 0.324 e. The molecule has 0 unspecified atom stereocenters. The number of amides is 1. The summed E-state index contributed by atoms with van der Waals surface area (Å²) in [5, 5.41) is 5.78. The molecule has 6 heteroatoms. The lowest BCUT2D eigenvalue weighted by atomic mass is 9.87. The summed E-state index contributed by atoms with van der Waals surface area (Å²) in [6.45, 7) is 6.48. The molecule has 0 saturated heterocycles. The van der Waals surface area contributed by atoms with Crippen LogP contribution in [0, 0.1) is 5.82 Å². The standard InChI is InChI=1S/C21H21FN4O/c1-21(2,3)15-4-8-18(9-5-15)26-20-23-12-14(13-24-20)19(27)25-17-10-6-16(22)7-11-17/h4-13H,1-3H3,(H,25,27)(H,23,24,26). The van der Waals surface area contributed by atoms with Crippen molar-refractivity contribution in [1.82, 2.24) is 9.97 Å². The van der Waals surface area contributed by atoms with Crippen LogP contribution in [0.25, 0.3) is 0 Å². The van der Waals surface area contributed by atoms with Gasteiger partial charge in [0.05, 0.1) is 5.56 Å². The van der Waals surface area contributed by atoms with Crippen molar-refractivity contribution >= 4 is 23.2 Å². The van der Waals surface area contributed by atoms with Crippen molar-refractivity contribution in [2.45, 2.75) is 26.2 Å². The molecule has 1 amide bonds. The summed E-state index contributed by atoms with van der Waals surface area (Å²) in [6, 6.07) is 13.6. The minimum Gasteiger partial charge on any atom is -0.324 e. The van der Waals surface area contributed by atoms with Gasteiger partial charge in [-0.3, -0.25) is 4.79 Å². The molecule has 3 aromatic rings. The van der Waals surface area contributed by atoms with Crippen molar-refractivity contribution in [3.05, 3.63) is 77.9 Å². The van der Waals surface area contributed by atoms with E-state index in [2.05, 4.69) is 53.5 Å². The summed E-state index contributed by atoms with van der Waals surface area (Å²) in [6.07, 6.45) is 2.88. The highest BCUT2D eigenvalue weighted by molar-refractivity contribution is 6.03. The number of anilines is 3. The normalized spacial score (nSPS) is 11.1. The fourth-order valence-corrected chi connectivity index (χ4v) is 2.43. The molecule has 0 atom stereocenters. The Kier molecular flexibility index (Phi) is 5.16. The van der Waals surface area contributed by atoms with E-state index in [9.17, 15) is 9.18 Å². The molecule has 2 N–H and O–H groups in total. The molecule has 3 rings (SSSR count). The number of nitrogens with one attached hydrogen (secondary N) is 2. The molecule has 5 nitrogen and oxygen atoms in total. The van der Waals surface area contributed by atoms with Gasteiger partial charge in [-0.25, -0.2) is 14.4 Å². The summed E-state index contributed by atoms with van der Waals surface area (Å²) in [4.78, 5) is 20.6. The third-order valence-electron chi connectivity index (χ3n) is 4.02. The molecule has 0 saturated carbocycles. The number of halogens is 1. The molecule has 1 heterocycles. The van der Waals surface area contributed by atoms with Crippen LogP contribution >= 0.6 is 0 Å². The second-order valence-electron chi connectivity index (χ2n) is 7.21. The van der Waals surface area contributed by atoms with Gasteiger partial charge in [0.25, 0.3) is 5.91 Å². The minimum absolute atomic E-state index is 0.0918. The molecule has 1 aromatic heterocycles. The average Bonchev–Trinajstić information content (AvgIpc) is 2.64. The van der Waals surface area contributed by atoms with E-state index in [0.29, 0.717) is 17.2 Å². The highest BCUT2D eigenvalue weighted by atomic mass is 19.1. The van der Waals surface area contributed by atoms with Crippen molar-refractivity contribution in [2.75, 3.05) is 10.6 Å². The van der Waals surface area contributed by atoms with E-state index in [1.807, 2.05) is 12.1 Å². The number of benzene rings is 2. The lowest BCUT2D eigenvalue weighted by Gasteiger charge is -2.19. The van der Waals surface area contributed by atoms with Gasteiger partial charge in [-0.2, -0.15) is 0 Å². The first kappa shape index (κ1) is 18.5. The molecule has 0 aliphatic carbocycles. The Labute approximate surface area is 157 Å². The van der Waals surface area contributed by atoms with Gasteiger partial charge >= 0.3 is 0 Å². The number of rotatable bonds is 4. The zero-order valence-electron chi connectivity index (χ0n) is 15.5. The van der Waals surface area contributed by atoms with Crippen LogP contribution in [0.2, 0.25) is 0 Å². The molecule has 0 fully saturated rings. The monoisotopic (exact) mass is 364 g/mol. The maximum atomic E-state index is 12.9. The van der Waals surface area contributed by atoms with Gasteiger partial charge in [-0.1, -0.05) is 32.9 Å². The van der Waals surface area contributed by atoms with Crippen LogP contribution < -0.4 is 10.6 Å². The molecule has 0 bridgehead atoms. The highest BCUT2D eigenvalue weighted by Crippen LogP contribution is 2.24. The first-order chi connectivity index (χ1) is 12.8. The Bertz CT molecular complexity index is 914. The Hall–Kier alpha value is -3.28. The van der Waals surface area contributed by atoms with Gasteiger partial charge in [0.15, 0.2) is 0 Å². The Morgan fingerprint density at radius 3 is 2.00 bits per heavy atom. The van der Waals surface area contributed by atoms with Crippen LogP contribution in [0.5, 0.6) is 0 Å². The lowest BCUT2D eigenvalue weighted by molar-refractivity contribution is 0.102. The quantitative estimate of drug-likeness (QED) is 0.690.